The summed E-state index contributed by atoms with van der Waals surface area (Å²) in [5.74, 6) is 0.431. The van der Waals surface area contributed by atoms with E-state index in [1.807, 2.05) is 31.2 Å². The highest BCUT2D eigenvalue weighted by Gasteiger charge is 2.41. The van der Waals surface area contributed by atoms with Gasteiger partial charge in [-0.3, -0.25) is 4.68 Å². The number of alkyl halides is 3. The van der Waals surface area contributed by atoms with Crippen LogP contribution in [-0.4, -0.2) is 25.0 Å². The zero-order valence-corrected chi connectivity index (χ0v) is 17.3. The van der Waals surface area contributed by atoms with Gasteiger partial charge in [0, 0.05) is 11.3 Å². The largest absolute Gasteiger partial charge is 0.436 e. The average Bonchev–Trinajstić information content (AvgIpc) is 3.31. The van der Waals surface area contributed by atoms with Crippen LogP contribution in [0.5, 0.6) is 0 Å². The topological polar surface area (TPSA) is 69.6 Å². The number of hydrogen-bond acceptors (Lipinski definition) is 5. The summed E-state index contributed by atoms with van der Waals surface area (Å²) < 4.78 is 46.8. The summed E-state index contributed by atoms with van der Waals surface area (Å²) in [7, 11) is 0. The molecule has 0 N–H and O–H groups in total. The summed E-state index contributed by atoms with van der Waals surface area (Å²) in [6.45, 7) is 1.96. The lowest BCUT2D eigenvalue weighted by Crippen LogP contribution is -2.10. The minimum Gasteiger partial charge on any atom is -0.417 e. The zero-order valence-electron chi connectivity index (χ0n) is 15.7. The summed E-state index contributed by atoms with van der Waals surface area (Å²) in [6.07, 6.45) is -2.88. The molecule has 1 aromatic carbocycles. The van der Waals surface area contributed by atoms with Gasteiger partial charge in [0.05, 0.1) is 15.7 Å². The molecule has 0 saturated heterocycles. The highest BCUT2D eigenvalue weighted by atomic mass is 79.9. The van der Waals surface area contributed by atoms with Gasteiger partial charge >= 0.3 is 6.18 Å². The summed E-state index contributed by atoms with van der Waals surface area (Å²) in [4.78, 5) is 4.54. The molecule has 10 heteroatoms. The SMILES string of the molecule is Cc1ccc2nc(-c3nnc(Cn4nc(C(F)(F)F)c(Br)c4C4CC4)o3)ccc2c1. The quantitative estimate of drug-likeness (QED) is 0.388. The molecule has 0 spiro atoms. The second kappa shape index (κ2) is 6.90. The standard InChI is InChI=1S/C20H15BrF3N5O/c1-10-2-6-13-12(8-10)5-7-14(25-13)19-27-26-15(30-19)9-29-17(11-3-4-11)16(21)18(28-29)20(22,23)24/h2,5-8,11H,3-4,9H2,1H3. The van der Waals surface area contributed by atoms with Crippen molar-refractivity contribution in [2.75, 3.05) is 0 Å². The van der Waals surface area contributed by atoms with Crippen molar-refractivity contribution in [1.82, 2.24) is 25.0 Å². The van der Waals surface area contributed by atoms with E-state index in [1.165, 1.54) is 4.68 Å². The summed E-state index contributed by atoms with van der Waals surface area (Å²) in [6, 6.07) is 9.60. The van der Waals surface area contributed by atoms with E-state index in [0.717, 1.165) is 29.3 Å². The lowest BCUT2D eigenvalue weighted by Gasteiger charge is -2.03. The average molecular weight is 478 g/mol. The first-order chi connectivity index (χ1) is 14.3. The molecule has 154 valence electrons. The van der Waals surface area contributed by atoms with Crippen LogP contribution in [0.15, 0.2) is 39.2 Å². The summed E-state index contributed by atoms with van der Waals surface area (Å²) in [5, 5.41) is 12.8. The number of aryl methyl sites for hydroxylation is 1. The number of hydrogen-bond donors (Lipinski definition) is 0. The Kier molecular flexibility index (Phi) is 4.42. The number of rotatable bonds is 4. The molecule has 0 unspecified atom stereocenters. The van der Waals surface area contributed by atoms with Crippen LogP contribution < -0.4 is 0 Å². The maximum absolute atomic E-state index is 13.3. The molecule has 0 radical (unpaired) electrons. The van der Waals surface area contributed by atoms with Gasteiger partial charge in [-0.05, 0) is 53.9 Å². The fourth-order valence-electron chi connectivity index (χ4n) is 3.41. The minimum atomic E-state index is -4.54. The molecular weight excluding hydrogens is 463 g/mol. The van der Waals surface area contributed by atoms with Gasteiger partial charge in [0.15, 0.2) is 5.69 Å². The van der Waals surface area contributed by atoms with Gasteiger partial charge in [0.2, 0.25) is 5.89 Å². The third-order valence-electron chi connectivity index (χ3n) is 4.98. The maximum Gasteiger partial charge on any atom is 0.436 e. The van der Waals surface area contributed by atoms with E-state index < -0.39 is 11.9 Å². The van der Waals surface area contributed by atoms with Gasteiger partial charge in [-0.15, -0.1) is 10.2 Å². The molecule has 3 aromatic heterocycles. The fourth-order valence-corrected chi connectivity index (χ4v) is 4.25. The molecule has 30 heavy (non-hydrogen) atoms. The summed E-state index contributed by atoms with van der Waals surface area (Å²) >= 11 is 3.08. The van der Waals surface area contributed by atoms with Crippen LogP contribution in [0.25, 0.3) is 22.5 Å². The summed E-state index contributed by atoms with van der Waals surface area (Å²) in [5.41, 5.74) is 2.01. The fraction of sp³-hybridized carbons (Fsp3) is 0.300. The number of halogens is 4. The minimum absolute atomic E-state index is 0.0104. The Hall–Kier alpha value is -2.75. The van der Waals surface area contributed by atoms with Crippen LogP contribution >= 0.6 is 15.9 Å². The van der Waals surface area contributed by atoms with E-state index in [4.69, 9.17) is 4.42 Å². The molecule has 3 heterocycles. The van der Waals surface area contributed by atoms with Gasteiger partial charge in [0.1, 0.15) is 12.2 Å². The Bertz CT molecular complexity index is 1260. The first-order valence-electron chi connectivity index (χ1n) is 9.33. The van der Waals surface area contributed by atoms with Crippen LogP contribution in [0.2, 0.25) is 0 Å². The normalized spacial score (nSPS) is 14.6. The molecule has 1 aliphatic rings. The molecular formula is C20H15BrF3N5O. The predicted molar refractivity (Wildman–Crippen MR) is 106 cm³/mol. The smallest absolute Gasteiger partial charge is 0.417 e. The van der Waals surface area contributed by atoms with Crippen LogP contribution in [-0.2, 0) is 12.7 Å². The lowest BCUT2D eigenvalue weighted by molar-refractivity contribution is -0.142. The maximum atomic E-state index is 13.3. The Balaban J connectivity index is 1.46. The van der Waals surface area contributed by atoms with Crippen molar-refractivity contribution in [3.63, 3.8) is 0 Å². The molecule has 0 bridgehead atoms. The molecule has 1 saturated carbocycles. The van der Waals surface area contributed by atoms with Crippen LogP contribution in [0.1, 0.15) is 41.6 Å². The highest BCUT2D eigenvalue weighted by Crippen LogP contribution is 2.47. The molecule has 1 aliphatic carbocycles. The van der Waals surface area contributed by atoms with Crippen molar-refractivity contribution < 1.29 is 17.6 Å². The number of pyridine rings is 1. The lowest BCUT2D eigenvalue weighted by atomic mass is 10.1. The Morgan fingerprint density at radius 2 is 1.97 bits per heavy atom. The second-order valence-corrected chi connectivity index (χ2v) is 8.16. The number of fused-ring (bicyclic) bond motifs is 1. The van der Waals surface area contributed by atoms with E-state index in [1.54, 1.807) is 6.07 Å². The van der Waals surface area contributed by atoms with E-state index in [0.29, 0.717) is 11.4 Å². The Labute approximate surface area is 177 Å². The second-order valence-electron chi connectivity index (χ2n) is 7.37. The molecule has 0 aliphatic heterocycles. The van der Waals surface area contributed by atoms with Gasteiger partial charge in [0.25, 0.3) is 5.89 Å². The Morgan fingerprint density at radius 1 is 1.17 bits per heavy atom. The van der Waals surface area contributed by atoms with Crippen molar-refractivity contribution >= 4 is 26.8 Å². The van der Waals surface area contributed by atoms with Gasteiger partial charge in [-0.1, -0.05) is 17.7 Å². The first-order valence-corrected chi connectivity index (χ1v) is 10.1. The first kappa shape index (κ1) is 19.2. The van der Waals surface area contributed by atoms with Crippen molar-refractivity contribution in [3.05, 3.63) is 57.6 Å². The van der Waals surface area contributed by atoms with E-state index in [-0.39, 0.29) is 28.7 Å². The van der Waals surface area contributed by atoms with Crippen molar-refractivity contribution in [3.8, 4) is 11.6 Å². The van der Waals surface area contributed by atoms with Crippen molar-refractivity contribution in [1.29, 1.82) is 0 Å². The monoisotopic (exact) mass is 477 g/mol. The van der Waals surface area contributed by atoms with E-state index in [2.05, 4.69) is 36.2 Å². The van der Waals surface area contributed by atoms with Crippen molar-refractivity contribution in [2.24, 2.45) is 0 Å². The van der Waals surface area contributed by atoms with Crippen molar-refractivity contribution in [2.45, 2.75) is 38.4 Å². The van der Waals surface area contributed by atoms with E-state index >= 15 is 0 Å². The van der Waals surface area contributed by atoms with Crippen LogP contribution in [0, 0.1) is 6.92 Å². The number of nitrogens with zero attached hydrogens (tertiary/aromatic N) is 5. The Morgan fingerprint density at radius 3 is 2.70 bits per heavy atom. The zero-order chi connectivity index (χ0) is 21.0. The molecule has 6 nitrogen and oxygen atoms in total. The molecule has 0 atom stereocenters. The van der Waals surface area contributed by atoms with E-state index in [9.17, 15) is 13.2 Å². The third-order valence-corrected chi connectivity index (χ3v) is 5.76. The molecule has 5 rings (SSSR count). The molecule has 1 fully saturated rings. The highest BCUT2D eigenvalue weighted by molar-refractivity contribution is 9.10. The van der Waals surface area contributed by atoms with Crippen LogP contribution in [0.4, 0.5) is 13.2 Å². The van der Waals surface area contributed by atoms with Gasteiger partial charge in [-0.25, -0.2) is 4.98 Å². The predicted octanol–water partition coefficient (Wildman–Crippen LogP) is 5.50. The number of benzene rings is 1. The van der Waals surface area contributed by atoms with Crippen LogP contribution in [0.3, 0.4) is 0 Å². The number of aromatic nitrogens is 5. The third kappa shape index (κ3) is 3.49. The van der Waals surface area contributed by atoms with Gasteiger partial charge < -0.3 is 4.42 Å². The van der Waals surface area contributed by atoms with Gasteiger partial charge in [-0.2, -0.15) is 18.3 Å². The molecule has 4 aromatic rings. The molecule has 0 amide bonds.